The summed E-state index contributed by atoms with van der Waals surface area (Å²) in [6.07, 6.45) is 0.212. The Kier molecular flexibility index (Phi) is 14.3. The maximum absolute atomic E-state index is 13.4. The van der Waals surface area contributed by atoms with Crippen molar-refractivity contribution < 1.29 is 56.8 Å². The number of nitrogens with two attached hydrogens (primary N) is 1. The Morgan fingerprint density at radius 2 is 1.48 bits per heavy atom. The fraction of sp³-hybridized carbons (Fsp3) is 0.319. The van der Waals surface area contributed by atoms with Gasteiger partial charge >= 0.3 is 0 Å². The molecule has 2 atom stereocenters. The number of amides is 3. The summed E-state index contributed by atoms with van der Waals surface area (Å²) in [6.45, 7) is 6.16. The van der Waals surface area contributed by atoms with Gasteiger partial charge in [-0.2, -0.15) is 0 Å². The first-order valence-electron chi connectivity index (χ1n) is 20.4. The summed E-state index contributed by atoms with van der Waals surface area (Å²) in [5.74, 6) is -3.08. The van der Waals surface area contributed by atoms with E-state index in [-0.39, 0.29) is 73.9 Å². The number of ether oxygens (including phenoxy) is 6. The van der Waals surface area contributed by atoms with Gasteiger partial charge in [-0.25, -0.2) is 0 Å². The molecule has 7 rings (SSSR count). The number of imide groups is 1. The lowest BCUT2D eigenvalue weighted by molar-refractivity contribution is -0.137. The highest BCUT2D eigenvalue weighted by Gasteiger charge is 2.48. The van der Waals surface area contributed by atoms with Gasteiger partial charge in [0.25, 0.3) is 0 Å². The molecule has 63 heavy (non-hydrogen) atoms. The molecule has 2 unspecified atom stereocenters. The number of Topliss-reactive ketones (excluding diaryl/α,β-unsaturated/α-hetero) is 2. The summed E-state index contributed by atoms with van der Waals surface area (Å²) < 4.78 is 40.5. The third kappa shape index (κ3) is 10.3. The van der Waals surface area contributed by atoms with Crippen molar-refractivity contribution in [2.24, 2.45) is 17.6 Å². The number of carbonyl (C=O) groups excluding carboxylic acids is 5. The molecule has 1 fully saturated rings. The molecular weight excluding hydrogens is 836 g/mol. The fourth-order valence-electron chi connectivity index (χ4n) is 7.60. The molecule has 5 aromatic rings. The molecule has 1 aliphatic heterocycles. The molecule has 0 radical (unpaired) electrons. The van der Waals surface area contributed by atoms with E-state index in [1.807, 2.05) is 19.9 Å². The van der Waals surface area contributed by atoms with E-state index in [9.17, 15) is 28.8 Å². The molecule has 15 nitrogen and oxygen atoms in total. The van der Waals surface area contributed by atoms with E-state index in [1.165, 1.54) is 6.07 Å². The predicted molar refractivity (Wildman–Crippen MR) is 231 cm³/mol. The van der Waals surface area contributed by atoms with Gasteiger partial charge in [-0.15, -0.1) is 0 Å². The highest BCUT2D eigenvalue weighted by Crippen LogP contribution is 2.40. The van der Waals surface area contributed by atoms with Gasteiger partial charge in [-0.3, -0.25) is 34.1 Å². The normalized spacial score (nSPS) is 16.0. The molecule has 3 N–H and O–H groups in total. The Bertz CT molecular complexity index is 2640. The Balaban J connectivity index is 0.813. The largest absolute Gasteiger partial charge is 0.493 e. The van der Waals surface area contributed by atoms with Gasteiger partial charge in [0.05, 0.1) is 74.1 Å². The number of nitrogens with one attached hydrogen (secondary N) is 1. The fourth-order valence-corrected chi connectivity index (χ4v) is 7.86. The van der Waals surface area contributed by atoms with Gasteiger partial charge in [0.1, 0.15) is 41.8 Å². The molecule has 0 saturated carbocycles. The number of primary amides is 1. The van der Waals surface area contributed by atoms with Crippen LogP contribution in [0, 0.1) is 18.8 Å². The molecule has 1 saturated heterocycles. The number of fused-ring (bicyclic) bond motifs is 2. The van der Waals surface area contributed by atoms with Crippen molar-refractivity contribution in [2.75, 3.05) is 59.5 Å². The van der Waals surface area contributed by atoms with E-state index >= 15 is 0 Å². The average molecular weight is 881 g/mol. The molecule has 2 aliphatic rings. The first-order valence-corrected chi connectivity index (χ1v) is 20.8. The SMILES string of the molecule is CCOc1cc2oc(-c3ccc(OCCOCCOCCOCCOc4cccc5c4C(=O)C(C4CCC(=O)NC4=O)C5=O)cc3Cl)cc(=O)c2cc1-c1cc(C)cc(C(N)=O)c1. The predicted octanol–water partition coefficient (Wildman–Crippen LogP) is 6.14. The second kappa shape index (κ2) is 20.2. The standard InChI is InChI=1S/C47H45ClN2O13/c1-3-60-38-25-40-34(23-33(38)27-19-26(2)20-28(21-27)46(49)55)36(51)24-39(63-40)30-8-7-29(22-35(30)48)61-17-15-58-13-11-57-12-14-59-16-18-62-37-6-4-5-31-42(37)45(54)43(44(31)53)32-9-10-41(52)50-47(32)56/h4-8,19-25,32,43H,3,9-18H2,1-2H3,(H2,49,55)(H,50,52,56). The first-order chi connectivity index (χ1) is 30.4. The molecular formula is C47H45ClN2O13. The quantitative estimate of drug-likeness (QED) is 0.0512. The highest BCUT2D eigenvalue weighted by molar-refractivity contribution is 6.33. The molecule has 2 heterocycles. The van der Waals surface area contributed by atoms with Crippen LogP contribution < -0.4 is 30.7 Å². The number of benzene rings is 4. The lowest BCUT2D eigenvalue weighted by Gasteiger charge is -2.24. The van der Waals surface area contributed by atoms with Crippen molar-refractivity contribution in [3.8, 4) is 39.7 Å². The van der Waals surface area contributed by atoms with Gasteiger partial charge < -0.3 is 38.6 Å². The number of halogens is 1. The van der Waals surface area contributed by atoms with Crippen molar-refractivity contribution in [2.45, 2.75) is 26.7 Å². The van der Waals surface area contributed by atoms with Gasteiger partial charge in [-0.05, 0) is 73.9 Å². The van der Waals surface area contributed by atoms with Crippen LogP contribution in [0.5, 0.6) is 17.2 Å². The molecule has 16 heteroatoms. The summed E-state index contributed by atoms with van der Waals surface area (Å²) in [7, 11) is 0. The van der Waals surface area contributed by atoms with Crippen LogP contribution in [-0.2, 0) is 23.8 Å². The molecule has 1 aromatic heterocycles. The van der Waals surface area contributed by atoms with Gasteiger partial charge in [0.2, 0.25) is 17.7 Å². The zero-order valence-corrected chi connectivity index (χ0v) is 35.4. The minimum absolute atomic E-state index is 0.0738. The summed E-state index contributed by atoms with van der Waals surface area (Å²) >= 11 is 6.64. The molecule has 0 bridgehead atoms. The average Bonchev–Trinajstić information content (AvgIpc) is 3.51. The minimum Gasteiger partial charge on any atom is -0.493 e. The number of carbonyl (C=O) groups is 5. The number of ketones is 2. The number of aryl methyl sites for hydroxylation is 1. The van der Waals surface area contributed by atoms with Crippen LogP contribution in [0.15, 0.2) is 82.0 Å². The maximum atomic E-state index is 13.4. The lowest BCUT2D eigenvalue weighted by Crippen LogP contribution is -2.46. The van der Waals surface area contributed by atoms with E-state index in [2.05, 4.69) is 5.32 Å². The van der Waals surface area contributed by atoms with Gasteiger partial charge in [-0.1, -0.05) is 29.8 Å². The number of hydrogen-bond acceptors (Lipinski definition) is 13. The molecule has 328 valence electrons. The monoisotopic (exact) mass is 880 g/mol. The number of hydrogen-bond donors (Lipinski definition) is 2. The first kappa shape index (κ1) is 44.7. The Morgan fingerprint density at radius 1 is 0.762 bits per heavy atom. The summed E-state index contributed by atoms with van der Waals surface area (Å²) in [6, 6.07) is 19.8. The Labute approximate surface area is 366 Å². The van der Waals surface area contributed by atoms with E-state index < -0.39 is 41.1 Å². The van der Waals surface area contributed by atoms with E-state index in [0.29, 0.717) is 76.2 Å². The zero-order chi connectivity index (χ0) is 44.6. The van der Waals surface area contributed by atoms with Crippen LogP contribution >= 0.6 is 11.6 Å². The summed E-state index contributed by atoms with van der Waals surface area (Å²) in [5.41, 5.74) is 8.90. The number of rotatable bonds is 20. The Morgan fingerprint density at radius 3 is 2.16 bits per heavy atom. The highest BCUT2D eigenvalue weighted by atomic mass is 35.5. The second-order valence-corrected chi connectivity index (χ2v) is 15.2. The minimum atomic E-state index is -1.17. The zero-order valence-electron chi connectivity index (χ0n) is 34.6. The molecule has 1 aliphatic carbocycles. The van der Waals surface area contributed by atoms with E-state index in [1.54, 1.807) is 60.7 Å². The maximum Gasteiger partial charge on any atom is 0.248 e. The summed E-state index contributed by atoms with van der Waals surface area (Å²) in [5, 5.41) is 2.86. The van der Waals surface area contributed by atoms with Crippen LogP contribution in [0.1, 0.15) is 56.4 Å². The van der Waals surface area contributed by atoms with Crippen molar-refractivity contribution >= 4 is 51.9 Å². The van der Waals surface area contributed by atoms with E-state index in [0.717, 1.165) is 5.56 Å². The van der Waals surface area contributed by atoms with Crippen molar-refractivity contribution in [1.82, 2.24) is 5.32 Å². The van der Waals surface area contributed by atoms with Crippen LogP contribution in [0.25, 0.3) is 33.4 Å². The third-order valence-electron chi connectivity index (χ3n) is 10.5. The van der Waals surface area contributed by atoms with Crippen LogP contribution in [0.3, 0.4) is 0 Å². The molecule has 3 amide bonds. The number of piperidine rings is 1. The van der Waals surface area contributed by atoms with Gasteiger partial charge in [0.15, 0.2) is 17.0 Å². The Hall–Kier alpha value is -6.39. The second-order valence-electron chi connectivity index (χ2n) is 14.8. The smallest absolute Gasteiger partial charge is 0.248 e. The van der Waals surface area contributed by atoms with Crippen LogP contribution in [-0.4, -0.2) is 88.7 Å². The summed E-state index contributed by atoms with van der Waals surface area (Å²) in [4.78, 5) is 75.7. The van der Waals surface area contributed by atoms with Crippen LogP contribution in [0.4, 0.5) is 0 Å². The van der Waals surface area contributed by atoms with E-state index in [4.69, 9.17) is 50.2 Å². The third-order valence-corrected chi connectivity index (χ3v) is 10.8. The topological polar surface area (TPSA) is 209 Å². The van der Waals surface area contributed by atoms with Crippen molar-refractivity contribution in [3.63, 3.8) is 0 Å². The lowest BCUT2D eigenvalue weighted by atomic mass is 9.82. The van der Waals surface area contributed by atoms with Crippen LogP contribution in [0.2, 0.25) is 5.02 Å². The molecule has 4 aromatic carbocycles. The van der Waals surface area contributed by atoms with Gasteiger partial charge in [0, 0.05) is 40.8 Å². The van der Waals surface area contributed by atoms with Crippen molar-refractivity contribution in [3.05, 3.63) is 110 Å². The molecule has 0 spiro atoms. The van der Waals surface area contributed by atoms with Crippen molar-refractivity contribution in [1.29, 1.82) is 0 Å².